The zero-order valence-electron chi connectivity index (χ0n) is 7.69. The largest absolute Gasteiger partial charge is 0.327 e. The van der Waals surface area contributed by atoms with E-state index in [9.17, 15) is 0 Å². The van der Waals surface area contributed by atoms with Crippen molar-refractivity contribution in [3.8, 4) is 0 Å². The van der Waals surface area contributed by atoms with Crippen molar-refractivity contribution in [3.63, 3.8) is 0 Å². The molecule has 2 aliphatic carbocycles. The monoisotopic (exact) mass is 214 g/mol. The van der Waals surface area contributed by atoms with E-state index in [4.69, 9.17) is 11.5 Å². The lowest BCUT2D eigenvalue weighted by Crippen LogP contribution is -1.98. The Hall–Kier alpha value is 0.500. The van der Waals surface area contributed by atoms with Crippen LogP contribution in [0.1, 0.15) is 26.7 Å². The molecule has 0 aromatic carbocycles. The van der Waals surface area contributed by atoms with Gasteiger partial charge in [0.25, 0.3) is 0 Å². The van der Waals surface area contributed by atoms with E-state index in [1.807, 2.05) is 0 Å². The van der Waals surface area contributed by atoms with Crippen LogP contribution in [0.3, 0.4) is 0 Å². The molecule has 2 aliphatic rings. The van der Waals surface area contributed by atoms with Crippen LogP contribution in [0.5, 0.6) is 0 Å². The molecular weight excluding hydrogens is 195 g/mol. The summed E-state index contributed by atoms with van der Waals surface area (Å²) in [6.07, 6.45) is 2.50. The fraction of sp³-hybridized carbons (Fsp3) is 1.00. The van der Waals surface area contributed by atoms with Gasteiger partial charge in [-0.3, -0.25) is 0 Å². The van der Waals surface area contributed by atoms with Crippen molar-refractivity contribution >= 4 is 24.8 Å². The van der Waals surface area contributed by atoms with Gasteiger partial charge in [-0.25, -0.2) is 0 Å². The zero-order chi connectivity index (χ0) is 7.72. The molecule has 0 heterocycles. The van der Waals surface area contributed by atoms with Crippen molar-refractivity contribution in [3.05, 3.63) is 0 Å². The van der Waals surface area contributed by atoms with Gasteiger partial charge in [-0.15, -0.1) is 24.8 Å². The standard InChI is InChI=1S/2C4H9N.2ClH/c2*1-3-2-4(3)5;;/h2*3-4H,2,5H2,1H3;2*1H/t2*3-,4+;;/m10../s1. The van der Waals surface area contributed by atoms with Gasteiger partial charge in [0.1, 0.15) is 0 Å². The first-order chi connectivity index (χ1) is 4.61. The van der Waals surface area contributed by atoms with Crippen molar-refractivity contribution in [2.24, 2.45) is 23.3 Å². The van der Waals surface area contributed by atoms with Crippen LogP contribution in [0, 0.1) is 11.8 Å². The molecular formula is C8H20Cl2N2. The van der Waals surface area contributed by atoms with E-state index >= 15 is 0 Å². The minimum Gasteiger partial charge on any atom is -0.327 e. The van der Waals surface area contributed by atoms with Crippen LogP contribution in [-0.4, -0.2) is 12.1 Å². The zero-order valence-corrected chi connectivity index (χ0v) is 9.33. The van der Waals surface area contributed by atoms with Crippen molar-refractivity contribution in [1.29, 1.82) is 0 Å². The van der Waals surface area contributed by atoms with Gasteiger partial charge >= 0.3 is 0 Å². The average molecular weight is 215 g/mol. The van der Waals surface area contributed by atoms with Crippen molar-refractivity contribution < 1.29 is 0 Å². The Labute approximate surface area is 87.3 Å². The summed E-state index contributed by atoms with van der Waals surface area (Å²) in [5.41, 5.74) is 10.7. The SMILES string of the molecule is C[C@@H]1C[C@@H]1N.C[C@H]1C[C@H]1N.Cl.Cl. The van der Waals surface area contributed by atoms with Gasteiger partial charge in [0.2, 0.25) is 0 Å². The molecule has 2 rings (SSSR count). The number of halogens is 2. The van der Waals surface area contributed by atoms with Crippen molar-refractivity contribution in [1.82, 2.24) is 0 Å². The number of rotatable bonds is 0. The Bertz CT molecular complexity index is 95.6. The maximum Gasteiger partial charge on any atom is 0.00682 e. The predicted octanol–water partition coefficient (Wildman–Crippen LogP) is 1.55. The summed E-state index contributed by atoms with van der Waals surface area (Å²) in [7, 11) is 0. The summed E-state index contributed by atoms with van der Waals surface area (Å²) in [5, 5.41) is 0. The second-order valence-corrected chi connectivity index (χ2v) is 3.75. The van der Waals surface area contributed by atoms with E-state index < -0.39 is 0 Å². The minimum atomic E-state index is 0. The third-order valence-corrected chi connectivity index (χ3v) is 2.34. The molecule has 2 nitrogen and oxygen atoms in total. The molecule has 0 amide bonds. The van der Waals surface area contributed by atoms with Crippen molar-refractivity contribution in [2.75, 3.05) is 0 Å². The quantitative estimate of drug-likeness (QED) is 0.644. The normalized spacial score (nSPS) is 41.0. The molecule has 0 unspecified atom stereocenters. The van der Waals surface area contributed by atoms with Crippen LogP contribution >= 0.6 is 24.8 Å². The van der Waals surface area contributed by atoms with Gasteiger partial charge in [-0.05, 0) is 24.7 Å². The van der Waals surface area contributed by atoms with Crippen LogP contribution in [0.25, 0.3) is 0 Å². The molecule has 0 radical (unpaired) electrons. The molecule has 2 saturated carbocycles. The summed E-state index contributed by atoms with van der Waals surface area (Å²) in [6, 6.07) is 1.10. The molecule has 2 fully saturated rings. The van der Waals surface area contributed by atoms with E-state index in [1.165, 1.54) is 12.8 Å². The van der Waals surface area contributed by atoms with Crippen LogP contribution in [0.4, 0.5) is 0 Å². The maximum atomic E-state index is 5.37. The third kappa shape index (κ3) is 6.06. The van der Waals surface area contributed by atoms with Crippen molar-refractivity contribution in [2.45, 2.75) is 38.8 Å². The summed E-state index contributed by atoms with van der Waals surface area (Å²) >= 11 is 0. The van der Waals surface area contributed by atoms with E-state index in [0.29, 0.717) is 12.1 Å². The van der Waals surface area contributed by atoms with Gasteiger partial charge in [-0.1, -0.05) is 13.8 Å². The van der Waals surface area contributed by atoms with E-state index in [0.717, 1.165) is 11.8 Å². The Morgan fingerprint density at radius 2 is 0.917 bits per heavy atom. The van der Waals surface area contributed by atoms with Crippen LogP contribution in [0.15, 0.2) is 0 Å². The molecule has 4 atom stereocenters. The Morgan fingerprint density at radius 3 is 0.917 bits per heavy atom. The molecule has 76 valence electrons. The second kappa shape index (κ2) is 6.03. The number of nitrogens with two attached hydrogens (primary N) is 2. The molecule has 0 aliphatic heterocycles. The molecule has 0 saturated heterocycles. The molecule has 4 heteroatoms. The van der Waals surface area contributed by atoms with Gasteiger partial charge < -0.3 is 11.5 Å². The minimum absolute atomic E-state index is 0. The first-order valence-electron chi connectivity index (χ1n) is 4.12. The second-order valence-electron chi connectivity index (χ2n) is 3.75. The van der Waals surface area contributed by atoms with Gasteiger partial charge in [0.15, 0.2) is 0 Å². The van der Waals surface area contributed by atoms with Crippen LogP contribution < -0.4 is 11.5 Å². The lowest BCUT2D eigenvalue weighted by molar-refractivity contribution is 0.895. The summed E-state index contributed by atoms with van der Waals surface area (Å²) in [4.78, 5) is 0. The highest BCUT2D eigenvalue weighted by atomic mass is 35.5. The van der Waals surface area contributed by atoms with Gasteiger partial charge in [0, 0.05) is 12.1 Å². The van der Waals surface area contributed by atoms with Crippen LogP contribution in [-0.2, 0) is 0 Å². The number of hydrogen-bond donors (Lipinski definition) is 2. The molecule has 0 spiro atoms. The Morgan fingerprint density at radius 1 is 0.833 bits per heavy atom. The molecule has 4 N–H and O–H groups in total. The summed E-state index contributed by atoms with van der Waals surface area (Å²) < 4.78 is 0. The first kappa shape index (κ1) is 15.0. The molecule has 0 aromatic heterocycles. The highest BCUT2D eigenvalue weighted by Crippen LogP contribution is 2.25. The van der Waals surface area contributed by atoms with Crippen LogP contribution in [0.2, 0.25) is 0 Å². The highest BCUT2D eigenvalue weighted by molar-refractivity contribution is 5.85. The molecule has 0 bridgehead atoms. The topological polar surface area (TPSA) is 52.0 Å². The smallest absolute Gasteiger partial charge is 0.00682 e. The lowest BCUT2D eigenvalue weighted by atomic mass is 10.5. The van der Waals surface area contributed by atoms with E-state index in [2.05, 4.69) is 13.8 Å². The van der Waals surface area contributed by atoms with E-state index in [-0.39, 0.29) is 24.8 Å². The van der Waals surface area contributed by atoms with Gasteiger partial charge in [0.05, 0.1) is 0 Å². The summed E-state index contributed by atoms with van der Waals surface area (Å²) in [6.45, 7) is 4.34. The lowest BCUT2D eigenvalue weighted by Gasteiger charge is -1.69. The molecule has 0 aromatic rings. The van der Waals surface area contributed by atoms with Gasteiger partial charge in [-0.2, -0.15) is 0 Å². The highest BCUT2D eigenvalue weighted by Gasteiger charge is 2.27. The summed E-state index contributed by atoms with van der Waals surface area (Å²) in [5.74, 6) is 1.66. The third-order valence-electron chi connectivity index (χ3n) is 2.34. The predicted molar refractivity (Wildman–Crippen MR) is 58.0 cm³/mol. The van der Waals surface area contributed by atoms with E-state index in [1.54, 1.807) is 0 Å². The maximum absolute atomic E-state index is 5.37. The number of hydrogen-bond acceptors (Lipinski definition) is 2. The first-order valence-corrected chi connectivity index (χ1v) is 4.12. The Balaban J connectivity index is 0. The fourth-order valence-electron chi connectivity index (χ4n) is 0.701. The molecule has 12 heavy (non-hydrogen) atoms. The average Bonchev–Trinajstić information content (AvgIpc) is 2.62. The fourth-order valence-corrected chi connectivity index (χ4v) is 0.701. The Kier molecular flexibility index (Phi) is 7.54.